The molecule has 0 aliphatic heterocycles. The molecule has 4 aliphatic carbocycles. The van der Waals surface area contributed by atoms with Crippen molar-refractivity contribution in [3.8, 4) is 0 Å². The van der Waals surface area contributed by atoms with Crippen LogP contribution in [-0.2, 0) is 19.1 Å². The van der Waals surface area contributed by atoms with Gasteiger partial charge in [0.25, 0.3) is 0 Å². The first-order valence-electron chi connectivity index (χ1n) is 10.9. The summed E-state index contributed by atoms with van der Waals surface area (Å²) in [6.45, 7) is 5.82. The van der Waals surface area contributed by atoms with E-state index in [1.165, 1.54) is 13.5 Å². The first-order valence-corrected chi connectivity index (χ1v) is 11.3. The molecule has 4 rings (SSSR count). The number of alkyl carbamates (subject to hydrolysis) is 1. The largest absolute Gasteiger partial charge is 0.469 e. The molecule has 8 heteroatoms. The minimum absolute atomic E-state index is 0.0322. The summed E-state index contributed by atoms with van der Waals surface area (Å²) in [4.78, 5) is 36.6. The standard InChI is InChI=1S/C22H35ClN2O5/c1-20(2,3)30-19(28)25-16(5-6-17(26)29-4)18(27)24-13-21-8-14-7-15(9-21)11-22(23,10-14)12-21/h14-16H,5-13H2,1-4H3,(H,24,27)(H,25,28)/t14-,15-,16-,21?,22?/m1/s1. The predicted octanol–water partition coefficient (Wildman–Crippen LogP) is 3.53. The Labute approximate surface area is 184 Å². The quantitative estimate of drug-likeness (QED) is 0.464. The van der Waals surface area contributed by atoms with Gasteiger partial charge in [-0.25, -0.2) is 4.79 Å². The zero-order chi connectivity index (χ0) is 22.2. The van der Waals surface area contributed by atoms with E-state index >= 15 is 0 Å². The lowest BCUT2D eigenvalue weighted by atomic mass is 9.49. The molecule has 3 atom stereocenters. The van der Waals surface area contributed by atoms with Crippen LogP contribution < -0.4 is 10.6 Å². The van der Waals surface area contributed by atoms with Gasteiger partial charge in [-0.3, -0.25) is 9.59 Å². The number of hydrogen-bond acceptors (Lipinski definition) is 5. The van der Waals surface area contributed by atoms with E-state index in [1.807, 2.05) is 0 Å². The molecule has 4 bridgehead atoms. The minimum Gasteiger partial charge on any atom is -0.469 e. The maximum atomic E-state index is 13.0. The topological polar surface area (TPSA) is 93.7 Å². The summed E-state index contributed by atoms with van der Waals surface area (Å²) in [5, 5.41) is 5.66. The van der Waals surface area contributed by atoms with Gasteiger partial charge in [0.15, 0.2) is 0 Å². The second-order valence-corrected chi connectivity index (χ2v) is 11.4. The number of esters is 1. The first kappa shape index (κ1) is 23.2. The van der Waals surface area contributed by atoms with Crippen LogP contribution >= 0.6 is 11.6 Å². The number of carbonyl (C=O) groups excluding carboxylic acids is 3. The molecule has 0 radical (unpaired) electrons. The summed E-state index contributed by atoms with van der Waals surface area (Å²) in [7, 11) is 1.30. The van der Waals surface area contributed by atoms with E-state index in [4.69, 9.17) is 16.3 Å². The molecule has 0 saturated heterocycles. The Bertz CT molecular complexity index is 676. The molecule has 2 amide bonds. The monoisotopic (exact) mass is 442 g/mol. The minimum atomic E-state index is -0.863. The number of hydrogen-bond donors (Lipinski definition) is 2. The van der Waals surface area contributed by atoms with Gasteiger partial charge >= 0.3 is 12.1 Å². The maximum Gasteiger partial charge on any atom is 0.408 e. The van der Waals surface area contributed by atoms with Crippen molar-refractivity contribution in [2.24, 2.45) is 17.3 Å². The highest BCUT2D eigenvalue weighted by atomic mass is 35.5. The molecule has 0 unspecified atom stereocenters. The van der Waals surface area contributed by atoms with Gasteiger partial charge in [-0.05, 0) is 83.0 Å². The lowest BCUT2D eigenvalue weighted by Gasteiger charge is -2.60. The molecule has 0 heterocycles. The van der Waals surface area contributed by atoms with E-state index in [0.29, 0.717) is 18.4 Å². The Morgan fingerprint density at radius 1 is 1.13 bits per heavy atom. The van der Waals surface area contributed by atoms with Crippen LogP contribution in [0.25, 0.3) is 0 Å². The molecule has 0 aromatic carbocycles. The average molecular weight is 443 g/mol. The number of alkyl halides is 1. The van der Waals surface area contributed by atoms with Gasteiger partial charge in [-0.1, -0.05) is 0 Å². The molecule has 7 nitrogen and oxygen atoms in total. The maximum absolute atomic E-state index is 13.0. The van der Waals surface area contributed by atoms with Crippen molar-refractivity contribution in [3.63, 3.8) is 0 Å². The van der Waals surface area contributed by atoms with Crippen molar-refractivity contribution >= 4 is 29.6 Å². The fourth-order valence-corrected chi connectivity index (χ4v) is 6.74. The second-order valence-electron chi connectivity index (χ2n) is 10.6. The van der Waals surface area contributed by atoms with Gasteiger partial charge in [-0.2, -0.15) is 0 Å². The molecule has 4 aliphatic rings. The van der Waals surface area contributed by atoms with E-state index in [2.05, 4.69) is 15.4 Å². The van der Waals surface area contributed by atoms with Gasteiger partial charge in [-0.15, -0.1) is 11.6 Å². The van der Waals surface area contributed by atoms with E-state index in [9.17, 15) is 14.4 Å². The third kappa shape index (κ3) is 5.80. The number of halogens is 1. The second kappa shape index (κ2) is 8.56. The lowest BCUT2D eigenvalue weighted by molar-refractivity contribution is -0.141. The molecular weight excluding hydrogens is 408 g/mol. The van der Waals surface area contributed by atoms with Crippen LogP contribution in [0.4, 0.5) is 4.79 Å². The Morgan fingerprint density at radius 3 is 2.30 bits per heavy atom. The number of methoxy groups -OCH3 is 1. The van der Waals surface area contributed by atoms with Crippen molar-refractivity contribution in [2.75, 3.05) is 13.7 Å². The zero-order valence-electron chi connectivity index (χ0n) is 18.5. The number of carbonyl (C=O) groups is 3. The molecule has 0 spiro atoms. The smallest absolute Gasteiger partial charge is 0.408 e. The summed E-state index contributed by atoms with van der Waals surface area (Å²) in [6.07, 6.45) is 6.07. The van der Waals surface area contributed by atoms with Crippen LogP contribution in [-0.4, -0.2) is 48.1 Å². The molecular formula is C22H35ClN2O5. The molecule has 170 valence electrons. The van der Waals surface area contributed by atoms with Gasteiger partial charge in [0.05, 0.1) is 7.11 Å². The van der Waals surface area contributed by atoms with Gasteiger partial charge in [0.2, 0.25) is 5.91 Å². The van der Waals surface area contributed by atoms with Crippen molar-refractivity contribution in [1.29, 1.82) is 0 Å². The lowest BCUT2D eigenvalue weighted by Crippen LogP contribution is -2.58. The van der Waals surface area contributed by atoms with Crippen molar-refractivity contribution in [2.45, 2.75) is 88.7 Å². The predicted molar refractivity (Wildman–Crippen MR) is 113 cm³/mol. The van der Waals surface area contributed by atoms with Crippen molar-refractivity contribution in [3.05, 3.63) is 0 Å². The Balaban J connectivity index is 1.61. The highest BCUT2D eigenvalue weighted by Gasteiger charge is 2.57. The first-order chi connectivity index (χ1) is 13.9. The number of ether oxygens (including phenoxy) is 2. The number of nitrogens with one attached hydrogen (secondary N) is 2. The fourth-order valence-electron chi connectivity index (χ4n) is 6.02. The molecule has 0 aromatic rings. The fraction of sp³-hybridized carbons (Fsp3) is 0.864. The Morgan fingerprint density at radius 2 is 1.77 bits per heavy atom. The molecule has 0 aromatic heterocycles. The van der Waals surface area contributed by atoms with Crippen LogP contribution in [0.1, 0.15) is 72.1 Å². The third-order valence-corrected chi connectivity index (χ3v) is 7.06. The summed E-state index contributed by atoms with van der Waals surface area (Å²) >= 11 is 6.89. The molecule has 4 saturated carbocycles. The van der Waals surface area contributed by atoms with E-state index < -0.39 is 23.7 Å². The summed E-state index contributed by atoms with van der Waals surface area (Å²) in [6, 6.07) is -0.863. The van der Waals surface area contributed by atoms with Crippen LogP contribution in [0.15, 0.2) is 0 Å². The molecule has 30 heavy (non-hydrogen) atoms. The number of amides is 2. The third-order valence-electron chi connectivity index (χ3n) is 6.62. The summed E-state index contributed by atoms with van der Waals surface area (Å²) in [5.41, 5.74) is -0.637. The van der Waals surface area contributed by atoms with Gasteiger partial charge < -0.3 is 20.1 Å². The highest BCUT2D eigenvalue weighted by molar-refractivity contribution is 6.24. The normalized spacial score (nSPS) is 33.0. The van der Waals surface area contributed by atoms with Crippen LogP contribution in [0, 0.1) is 17.3 Å². The van der Waals surface area contributed by atoms with E-state index in [-0.39, 0.29) is 29.0 Å². The Kier molecular flexibility index (Phi) is 6.61. The van der Waals surface area contributed by atoms with E-state index in [0.717, 1.165) is 32.1 Å². The van der Waals surface area contributed by atoms with Crippen LogP contribution in [0.5, 0.6) is 0 Å². The number of rotatable bonds is 7. The summed E-state index contributed by atoms with van der Waals surface area (Å²) < 4.78 is 9.95. The molecule has 2 N–H and O–H groups in total. The van der Waals surface area contributed by atoms with Gasteiger partial charge in [0, 0.05) is 17.8 Å². The van der Waals surface area contributed by atoms with Crippen LogP contribution in [0.3, 0.4) is 0 Å². The van der Waals surface area contributed by atoms with Crippen molar-refractivity contribution in [1.82, 2.24) is 10.6 Å². The Hall–Kier alpha value is -1.50. The van der Waals surface area contributed by atoms with Crippen molar-refractivity contribution < 1.29 is 23.9 Å². The highest BCUT2D eigenvalue weighted by Crippen LogP contribution is 2.63. The SMILES string of the molecule is COC(=O)CC[C@@H](NC(=O)OC(C)(C)C)C(=O)NCC12C[C@H]3C[C@@H](CC(Cl)(C3)C1)C2. The zero-order valence-corrected chi connectivity index (χ0v) is 19.3. The van der Waals surface area contributed by atoms with E-state index in [1.54, 1.807) is 20.8 Å². The van der Waals surface area contributed by atoms with Crippen LogP contribution in [0.2, 0.25) is 0 Å². The van der Waals surface area contributed by atoms with Gasteiger partial charge in [0.1, 0.15) is 11.6 Å². The molecule has 4 fully saturated rings. The summed E-state index contributed by atoms with van der Waals surface area (Å²) in [5.74, 6) is 0.569. The average Bonchev–Trinajstić information content (AvgIpc) is 2.59.